The second kappa shape index (κ2) is 10.1. The van der Waals surface area contributed by atoms with Gasteiger partial charge in [-0.25, -0.2) is 9.59 Å². The van der Waals surface area contributed by atoms with Crippen LogP contribution in [0.3, 0.4) is 0 Å². The van der Waals surface area contributed by atoms with Crippen molar-refractivity contribution in [1.29, 1.82) is 0 Å². The third-order valence-electron chi connectivity index (χ3n) is 5.68. The van der Waals surface area contributed by atoms with Crippen LogP contribution in [-0.2, 0) is 9.53 Å². The van der Waals surface area contributed by atoms with Crippen LogP contribution in [0.2, 0.25) is 5.02 Å². The average molecular weight is 432 g/mol. The first-order valence-corrected chi connectivity index (χ1v) is 10.9. The van der Waals surface area contributed by atoms with Gasteiger partial charge in [0, 0.05) is 23.8 Å². The van der Waals surface area contributed by atoms with Crippen molar-refractivity contribution in [2.24, 2.45) is 5.92 Å². The van der Waals surface area contributed by atoms with Gasteiger partial charge in [0.1, 0.15) is 0 Å². The number of carbonyl (C=O) groups excluding carboxylic acids is 2. The number of nitrogens with zero attached hydrogens (tertiary/aromatic N) is 2. The summed E-state index contributed by atoms with van der Waals surface area (Å²) in [6.45, 7) is 10.8. The lowest BCUT2D eigenvalue weighted by atomic mass is 9.93. The van der Waals surface area contributed by atoms with Gasteiger partial charge in [-0.3, -0.25) is 9.80 Å². The molecule has 0 aliphatic carbocycles. The second-order valence-electron chi connectivity index (χ2n) is 7.88. The standard InChI is InChI=1S/C23H30ClN3O3/c1-4-11-27-19(15-26-12-9-16(3)10-13-26)20(22(28)30-5-2)21(25-23(27)29)17-7-6-8-18(24)14-17/h4,6-8,14,16,21H,1,5,9-13,15H2,2-3H3,(H,25,29). The molecule has 6 nitrogen and oxygen atoms in total. The first-order chi connectivity index (χ1) is 14.4. The largest absolute Gasteiger partial charge is 0.463 e. The molecule has 162 valence electrons. The molecule has 0 aromatic heterocycles. The molecule has 1 atom stereocenters. The van der Waals surface area contributed by atoms with Crippen LogP contribution in [0.1, 0.15) is 38.3 Å². The Morgan fingerprint density at radius 1 is 1.37 bits per heavy atom. The first-order valence-electron chi connectivity index (χ1n) is 10.5. The molecule has 1 unspecified atom stereocenters. The minimum Gasteiger partial charge on any atom is -0.463 e. The Morgan fingerprint density at radius 3 is 2.73 bits per heavy atom. The molecule has 0 radical (unpaired) electrons. The van der Waals surface area contributed by atoms with E-state index < -0.39 is 12.0 Å². The molecule has 3 rings (SSSR count). The lowest BCUT2D eigenvalue weighted by molar-refractivity contribution is -0.139. The SMILES string of the molecule is C=CCN1C(=O)NC(c2cccc(Cl)c2)C(C(=O)OCC)=C1CN1CCC(C)CC1. The van der Waals surface area contributed by atoms with E-state index in [0.717, 1.165) is 31.5 Å². The van der Waals surface area contributed by atoms with Crippen LogP contribution in [0.4, 0.5) is 4.79 Å². The molecule has 2 amide bonds. The molecule has 2 aliphatic rings. The fourth-order valence-electron chi connectivity index (χ4n) is 4.01. The Balaban J connectivity index is 2.07. The van der Waals surface area contributed by atoms with Crippen LogP contribution in [0.25, 0.3) is 0 Å². The molecule has 7 heteroatoms. The summed E-state index contributed by atoms with van der Waals surface area (Å²) in [5, 5.41) is 3.51. The van der Waals surface area contributed by atoms with Crippen molar-refractivity contribution in [3.8, 4) is 0 Å². The minimum absolute atomic E-state index is 0.256. The normalized spacial score (nSPS) is 20.8. The topological polar surface area (TPSA) is 61.9 Å². The maximum atomic E-state index is 13.1. The number of urea groups is 1. The summed E-state index contributed by atoms with van der Waals surface area (Å²) < 4.78 is 5.41. The maximum absolute atomic E-state index is 13.1. The summed E-state index contributed by atoms with van der Waals surface area (Å²) in [6, 6.07) is 6.34. The van der Waals surface area contributed by atoms with Gasteiger partial charge in [0.2, 0.25) is 0 Å². The van der Waals surface area contributed by atoms with Crippen molar-refractivity contribution in [2.45, 2.75) is 32.7 Å². The minimum atomic E-state index is -0.616. The molecule has 1 aromatic carbocycles. The molecule has 0 spiro atoms. The summed E-state index contributed by atoms with van der Waals surface area (Å²) in [5.74, 6) is 0.273. The van der Waals surface area contributed by atoms with E-state index >= 15 is 0 Å². The molecule has 2 aliphatic heterocycles. The number of amides is 2. The zero-order valence-electron chi connectivity index (χ0n) is 17.7. The number of likely N-dealkylation sites (tertiary alicyclic amines) is 1. The van der Waals surface area contributed by atoms with Crippen LogP contribution in [0, 0.1) is 5.92 Å². The fraction of sp³-hybridized carbons (Fsp3) is 0.478. The van der Waals surface area contributed by atoms with E-state index in [0.29, 0.717) is 35.3 Å². The number of hydrogen-bond donors (Lipinski definition) is 1. The van der Waals surface area contributed by atoms with E-state index in [2.05, 4.69) is 23.7 Å². The third-order valence-corrected chi connectivity index (χ3v) is 5.91. The Bertz CT molecular complexity index is 831. The molecule has 1 aromatic rings. The molecule has 0 saturated carbocycles. The summed E-state index contributed by atoms with van der Waals surface area (Å²) in [4.78, 5) is 30.0. The zero-order chi connectivity index (χ0) is 21.7. The number of benzene rings is 1. The lowest BCUT2D eigenvalue weighted by Crippen LogP contribution is -2.51. The summed E-state index contributed by atoms with van der Waals surface area (Å²) in [5.41, 5.74) is 1.89. The highest BCUT2D eigenvalue weighted by atomic mass is 35.5. The van der Waals surface area contributed by atoms with E-state index in [1.807, 2.05) is 12.1 Å². The summed E-state index contributed by atoms with van der Waals surface area (Å²) >= 11 is 6.20. The number of esters is 1. The fourth-order valence-corrected chi connectivity index (χ4v) is 4.21. The monoisotopic (exact) mass is 431 g/mol. The van der Waals surface area contributed by atoms with E-state index in [9.17, 15) is 9.59 Å². The van der Waals surface area contributed by atoms with Gasteiger partial charge in [0.05, 0.1) is 18.2 Å². The first kappa shape index (κ1) is 22.4. The van der Waals surface area contributed by atoms with Crippen LogP contribution in [0.5, 0.6) is 0 Å². The Kier molecular flexibility index (Phi) is 7.56. The van der Waals surface area contributed by atoms with E-state index in [-0.39, 0.29) is 12.6 Å². The van der Waals surface area contributed by atoms with Gasteiger partial charge in [-0.15, -0.1) is 6.58 Å². The molecule has 2 heterocycles. The highest BCUT2D eigenvalue weighted by Gasteiger charge is 2.38. The quantitative estimate of drug-likeness (QED) is 0.520. The summed E-state index contributed by atoms with van der Waals surface area (Å²) in [6.07, 6.45) is 3.88. The summed E-state index contributed by atoms with van der Waals surface area (Å²) in [7, 11) is 0. The number of halogens is 1. The van der Waals surface area contributed by atoms with E-state index in [1.165, 1.54) is 0 Å². The third kappa shape index (κ3) is 5.05. The zero-order valence-corrected chi connectivity index (χ0v) is 18.5. The Labute approximate surface area is 183 Å². The van der Waals surface area contributed by atoms with Crippen LogP contribution in [0.15, 0.2) is 48.2 Å². The van der Waals surface area contributed by atoms with Gasteiger partial charge in [0.25, 0.3) is 0 Å². The number of rotatable bonds is 7. The number of nitrogens with one attached hydrogen (secondary N) is 1. The molecule has 1 saturated heterocycles. The van der Waals surface area contributed by atoms with Gasteiger partial charge in [-0.2, -0.15) is 0 Å². The second-order valence-corrected chi connectivity index (χ2v) is 8.31. The average Bonchev–Trinajstić information content (AvgIpc) is 2.72. The number of piperidine rings is 1. The number of hydrogen-bond acceptors (Lipinski definition) is 4. The van der Waals surface area contributed by atoms with Crippen molar-refractivity contribution in [3.05, 3.63) is 58.8 Å². The van der Waals surface area contributed by atoms with Crippen LogP contribution < -0.4 is 5.32 Å². The van der Waals surface area contributed by atoms with Crippen molar-refractivity contribution in [1.82, 2.24) is 15.1 Å². The van der Waals surface area contributed by atoms with Gasteiger partial charge in [-0.1, -0.05) is 36.7 Å². The van der Waals surface area contributed by atoms with Gasteiger partial charge in [0.15, 0.2) is 0 Å². The smallest absolute Gasteiger partial charge is 0.338 e. The molecule has 0 bridgehead atoms. The van der Waals surface area contributed by atoms with Crippen molar-refractivity contribution < 1.29 is 14.3 Å². The van der Waals surface area contributed by atoms with E-state index in [4.69, 9.17) is 16.3 Å². The molecular formula is C23H30ClN3O3. The van der Waals surface area contributed by atoms with Gasteiger partial charge in [-0.05, 0) is 56.5 Å². The van der Waals surface area contributed by atoms with Crippen molar-refractivity contribution in [3.63, 3.8) is 0 Å². The molecule has 1 N–H and O–H groups in total. The van der Waals surface area contributed by atoms with Crippen LogP contribution >= 0.6 is 11.6 Å². The number of ether oxygens (including phenoxy) is 1. The highest BCUT2D eigenvalue weighted by molar-refractivity contribution is 6.30. The lowest BCUT2D eigenvalue weighted by Gasteiger charge is -2.39. The molecule has 30 heavy (non-hydrogen) atoms. The van der Waals surface area contributed by atoms with Gasteiger partial charge >= 0.3 is 12.0 Å². The molecular weight excluding hydrogens is 402 g/mol. The maximum Gasteiger partial charge on any atom is 0.338 e. The Hall–Kier alpha value is -2.31. The highest BCUT2D eigenvalue weighted by Crippen LogP contribution is 2.33. The van der Waals surface area contributed by atoms with Crippen LogP contribution in [-0.4, -0.2) is 54.6 Å². The predicted molar refractivity (Wildman–Crippen MR) is 118 cm³/mol. The van der Waals surface area contributed by atoms with Crippen molar-refractivity contribution in [2.75, 3.05) is 32.8 Å². The number of carbonyl (C=O) groups is 2. The van der Waals surface area contributed by atoms with E-state index in [1.54, 1.807) is 30.0 Å². The Morgan fingerprint density at radius 2 is 2.10 bits per heavy atom. The predicted octanol–water partition coefficient (Wildman–Crippen LogP) is 4.14. The van der Waals surface area contributed by atoms with Crippen molar-refractivity contribution >= 4 is 23.6 Å². The molecule has 1 fully saturated rings. The van der Waals surface area contributed by atoms with Gasteiger partial charge < -0.3 is 10.1 Å².